The summed E-state index contributed by atoms with van der Waals surface area (Å²) in [5.74, 6) is 2.50. The molecule has 0 fully saturated rings. The molecule has 110 valence electrons. The summed E-state index contributed by atoms with van der Waals surface area (Å²) in [7, 11) is 0. The van der Waals surface area contributed by atoms with Gasteiger partial charge in [-0.3, -0.25) is 4.79 Å². The lowest BCUT2D eigenvalue weighted by atomic mass is 9.73. The fourth-order valence-electron chi connectivity index (χ4n) is 2.48. The van der Waals surface area contributed by atoms with Crippen LogP contribution < -0.4 is 5.73 Å². The number of unbranched alkanes of at least 4 members (excludes halogenated alkanes) is 3. The SMILES string of the molecule is C#CCCCC(Br)C(CCCC)(CCCC)C(N)=O. The third kappa shape index (κ3) is 5.99. The molecular weight excluding hydrogens is 302 g/mol. The molecule has 0 aliphatic rings. The minimum Gasteiger partial charge on any atom is -0.369 e. The number of rotatable bonds is 11. The number of alkyl halides is 1. The second kappa shape index (κ2) is 10.3. The summed E-state index contributed by atoms with van der Waals surface area (Å²) in [6.07, 6.45) is 13.9. The first-order chi connectivity index (χ1) is 9.05. The highest BCUT2D eigenvalue weighted by atomic mass is 79.9. The Hall–Kier alpha value is -0.490. The van der Waals surface area contributed by atoms with Crippen molar-refractivity contribution in [3.63, 3.8) is 0 Å². The van der Waals surface area contributed by atoms with Gasteiger partial charge in [0.15, 0.2) is 0 Å². The van der Waals surface area contributed by atoms with E-state index in [0.717, 1.165) is 57.8 Å². The molecule has 0 radical (unpaired) electrons. The molecule has 0 rings (SSSR count). The third-order valence-corrected chi connectivity index (χ3v) is 5.16. The number of hydrogen-bond donors (Lipinski definition) is 1. The first-order valence-electron chi connectivity index (χ1n) is 7.42. The monoisotopic (exact) mass is 329 g/mol. The maximum absolute atomic E-state index is 12.1. The van der Waals surface area contributed by atoms with Crippen LogP contribution >= 0.6 is 15.9 Å². The second-order valence-electron chi connectivity index (χ2n) is 5.29. The van der Waals surface area contributed by atoms with Crippen molar-refractivity contribution in [1.82, 2.24) is 0 Å². The first-order valence-corrected chi connectivity index (χ1v) is 8.34. The number of hydrogen-bond acceptors (Lipinski definition) is 1. The molecule has 0 saturated heterocycles. The van der Waals surface area contributed by atoms with Gasteiger partial charge in [0.25, 0.3) is 0 Å². The minimum absolute atomic E-state index is 0.143. The molecule has 0 aromatic rings. The summed E-state index contributed by atoms with van der Waals surface area (Å²) >= 11 is 3.72. The summed E-state index contributed by atoms with van der Waals surface area (Å²) in [5.41, 5.74) is 5.35. The Morgan fingerprint density at radius 2 is 1.79 bits per heavy atom. The van der Waals surface area contributed by atoms with Crippen molar-refractivity contribution in [3.8, 4) is 12.3 Å². The number of terminal acetylenes is 1. The molecule has 2 nitrogen and oxygen atoms in total. The van der Waals surface area contributed by atoms with Gasteiger partial charge < -0.3 is 5.73 Å². The van der Waals surface area contributed by atoms with E-state index in [4.69, 9.17) is 12.2 Å². The predicted octanol–water partition coefficient (Wildman–Crippen LogP) is 4.41. The van der Waals surface area contributed by atoms with Crippen LogP contribution in [-0.2, 0) is 4.79 Å². The molecule has 0 heterocycles. The quantitative estimate of drug-likeness (QED) is 0.340. The molecule has 0 aromatic heterocycles. The van der Waals surface area contributed by atoms with E-state index in [2.05, 4.69) is 35.7 Å². The van der Waals surface area contributed by atoms with E-state index in [1.165, 1.54) is 0 Å². The summed E-state index contributed by atoms with van der Waals surface area (Å²) in [5, 5.41) is 0. The number of amides is 1. The van der Waals surface area contributed by atoms with Crippen LogP contribution in [0.4, 0.5) is 0 Å². The van der Waals surface area contributed by atoms with Crippen molar-refractivity contribution in [3.05, 3.63) is 0 Å². The molecule has 1 unspecified atom stereocenters. The van der Waals surface area contributed by atoms with Crippen molar-refractivity contribution in [2.45, 2.75) is 76.5 Å². The van der Waals surface area contributed by atoms with Gasteiger partial charge in [-0.1, -0.05) is 55.5 Å². The van der Waals surface area contributed by atoms with Crippen LogP contribution in [0.5, 0.6) is 0 Å². The average molecular weight is 330 g/mol. The standard InChI is InChI=1S/C16H28BrNO/c1-4-7-10-11-14(17)16(15(18)19,12-8-5-2)13-9-6-3/h1,14H,5-13H2,2-3H3,(H2,18,19). The van der Waals surface area contributed by atoms with Crippen LogP contribution in [0.25, 0.3) is 0 Å². The Morgan fingerprint density at radius 1 is 1.26 bits per heavy atom. The predicted molar refractivity (Wildman–Crippen MR) is 86.1 cm³/mol. The number of carbonyl (C=O) groups excluding carboxylic acids is 1. The highest BCUT2D eigenvalue weighted by molar-refractivity contribution is 9.09. The maximum Gasteiger partial charge on any atom is 0.224 e. The topological polar surface area (TPSA) is 43.1 Å². The van der Waals surface area contributed by atoms with Gasteiger partial charge in [-0.15, -0.1) is 12.3 Å². The molecule has 3 heteroatoms. The molecule has 19 heavy (non-hydrogen) atoms. The highest BCUT2D eigenvalue weighted by Gasteiger charge is 2.41. The van der Waals surface area contributed by atoms with E-state index in [0.29, 0.717) is 0 Å². The zero-order valence-corrected chi connectivity index (χ0v) is 14.0. The van der Waals surface area contributed by atoms with Gasteiger partial charge in [0.1, 0.15) is 0 Å². The van der Waals surface area contributed by atoms with Crippen molar-refractivity contribution in [1.29, 1.82) is 0 Å². The number of carbonyl (C=O) groups is 1. The highest BCUT2D eigenvalue weighted by Crippen LogP contribution is 2.41. The van der Waals surface area contributed by atoms with Gasteiger partial charge in [-0.2, -0.15) is 0 Å². The molecule has 0 bridgehead atoms. The molecule has 0 saturated carbocycles. The zero-order chi connectivity index (χ0) is 14.7. The van der Waals surface area contributed by atoms with E-state index < -0.39 is 5.41 Å². The Labute approximate surface area is 127 Å². The van der Waals surface area contributed by atoms with Crippen LogP contribution in [0.1, 0.15) is 71.6 Å². The Bertz CT molecular complexity index is 288. The largest absolute Gasteiger partial charge is 0.369 e. The van der Waals surface area contributed by atoms with E-state index in [-0.39, 0.29) is 10.7 Å². The molecule has 0 spiro atoms. The molecule has 0 aliphatic heterocycles. The van der Waals surface area contributed by atoms with Gasteiger partial charge in [0, 0.05) is 11.2 Å². The van der Waals surface area contributed by atoms with Crippen LogP contribution in [0.2, 0.25) is 0 Å². The smallest absolute Gasteiger partial charge is 0.224 e. The van der Waals surface area contributed by atoms with E-state index in [1.54, 1.807) is 0 Å². The lowest BCUT2D eigenvalue weighted by Gasteiger charge is -2.35. The molecule has 0 aromatic carbocycles. The first kappa shape index (κ1) is 18.5. The van der Waals surface area contributed by atoms with E-state index in [9.17, 15) is 4.79 Å². The molecular formula is C16H28BrNO. The van der Waals surface area contributed by atoms with Crippen molar-refractivity contribution < 1.29 is 4.79 Å². The summed E-state index contributed by atoms with van der Waals surface area (Å²) in [6.45, 7) is 4.29. The summed E-state index contributed by atoms with van der Waals surface area (Å²) < 4.78 is 0. The van der Waals surface area contributed by atoms with Gasteiger partial charge in [-0.05, 0) is 25.7 Å². The van der Waals surface area contributed by atoms with Crippen molar-refractivity contribution in [2.75, 3.05) is 0 Å². The fourth-order valence-corrected chi connectivity index (χ4v) is 3.49. The third-order valence-electron chi connectivity index (χ3n) is 3.82. The molecule has 2 N–H and O–H groups in total. The average Bonchev–Trinajstić information content (AvgIpc) is 2.39. The summed E-state index contributed by atoms with van der Waals surface area (Å²) in [6, 6.07) is 0. The maximum atomic E-state index is 12.1. The Morgan fingerprint density at radius 3 is 2.16 bits per heavy atom. The number of halogens is 1. The number of primary amides is 1. The van der Waals surface area contributed by atoms with E-state index >= 15 is 0 Å². The number of nitrogens with two attached hydrogens (primary N) is 1. The Balaban J connectivity index is 4.85. The Kier molecular flexibility index (Phi) is 10.0. The lowest BCUT2D eigenvalue weighted by molar-refractivity contribution is -0.128. The lowest BCUT2D eigenvalue weighted by Crippen LogP contribution is -2.44. The van der Waals surface area contributed by atoms with Crippen LogP contribution in [-0.4, -0.2) is 10.7 Å². The minimum atomic E-state index is -0.402. The molecule has 0 aliphatic carbocycles. The molecule has 1 atom stereocenters. The zero-order valence-electron chi connectivity index (χ0n) is 12.4. The van der Waals surface area contributed by atoms with Gasteiger partial charge in [0.2, 0.25) is 5.91 Å². The van der Waals surface area contributed by atoms with Gasteiger partial charge in [0.05, 0.1) is 5.41 Å². The van der Waals surface area contributed by atoms with Gasteiger partial charge in [-0.25, -0.2) is 0 Å². The second-order valence-corrected chi connectivity index (χ2v) is 6.40. The van der Waals surface area contributed by atoms with E-state index in [1.807, 2.05) is 0 Å². The normalized spacial score (nSPS) is 12.9. The van der Waals surface area contributed by atoms with Crippen LogP contribution in [0.15, 0.2) is 0 Å². The summed E-state index contributed by atoms with van der Waals surface area (Å²) in [4.78, 5) is 12.2. The molecule has 1 amide bonds. The van der Waals surface area contributed by atoms with Crippen LogP contribution in [0.3, 0.4) is 0 Å². The van der Waals surface area contributed by atoms with Crippen LogP contribution in [0, 0.1) is 17.8 Å². The van der Waals surface area contributed by atoms with Crippen molar-refractivity contribution >= 4 is 21.8 Å². The van der Waals surface area contributed by atoms with Gasteiger partial charge >= 0.3 is 0 Å². The van der Waals surface area contributed by atoms with Crippen molar-refractivity contribution in [2.24, 2.45) is 11.1 Å². The fraction of sp³-hybridized carbons (Fsp3) is 0.812.